The second kappa shape index (κ2) is 6.95. The lowest BCUT2D eigenvalue weighted by Gasteiger charge is -2.33. The van der Waals surface area contributed by atoms with E-state index in [1.54, 1.807) is 6.07 Å². The monoisotopic (exact) mass is 278 g/mol. The number of nitrogens with zero attached hydrogens (tertiary/aromatic N) is 1. The van der Waals surface area contributed by atoms with Crippen LogP contribution in [0.2, 0.25) is 0 Å². The van der Waals surface area contributed by atoms with Crippen molar-refractivity contribution >= 4 is 11.8 Å². The van der Waals surface area contributed by atoms with Crippen LogP contribution >= 0.6 is 11.8 Å². The van der Waals surface area contributed by atoms with Crippen LogP contribution in [0.25, 0.3) is 0 Å². The molecular weight excluding hydrogens is 259 g/mol. The summed E-state index contributed by atoms with van der Waals surface area (Å²) in [6.07, 6.45) is 0. The third kappa shape index (κ3) is 4.24. The highest BCUT2D eigenvalue weighted by Crippen LogP contribution is 2.19. The van der Waals surface area contributed by atoms with E-state index in [9.17, 15) is 4.39 Å². The largest absolute Gasteiger partial charge is 0.320 e. The summed E-state index contributed by atoms with van der Waals surface area (Å²) in [5.41, 5.74) is 7.04. The molecule has 1 saturated heterocycles. The number of hydrogen-bond acceptors (Lipinski definition) is 3. The molecule has 2 N–H and O–H groups in total. The molecule has 0 aliphatic carbocycles. The summed E-state index contributed by atoms with van der Waals surface area (Å²) in [5.74, 6) is 7.74. The number of halogens is 1. The van der Waals surface area contributed by atoms with Crippen molar-refractivity contribution in [1.29, 1.82) is 0 Å². The summed E-state index contributed by atoms with van der Waals surface area (Å²) >= 11 is 1.98. The topological polar surface area (TPSA) is 29.3 Å². The van der Waals surface area contributed by atoms with Gasteiger partial charge in [-0.1, -0.05) is 11.8 Å². The molecule has 0 spiro atoms. The van der Waals surface area contributed by atoms with Crippen molar-refractivity contribution in [2.45, 2.75) is 19.5 Å². The predicted molar refractivity (Wildman–Crippen MR) is 79.5 cm³/mol. The third-order valence-electron chi connectivity index (χ3n) is 3.18. The van der Waals surface area contributed by atoms with Gasteiger partial charge in [-0.3, -0.25) is 4.90 Å². The zero-order valence-corrected chi connectivity index (χ0v) is 12.0. The minimum absolute atomic E-state index is 0.224. The molecule has 4 heteroatoms. The van der Waals surface area contributed by atoms with Crippen LogP contribution < -0.4 is 5.73 Å². The number of nitrogens with two attached hydrogens (primary N) is 1. The van der Waals surface area contributed by atoms with E-state index in [-0.39, 0.29) is 5.82 Å². The van der Waals surface area contributed by atoms with Crippen molar-refractivity contribution in [2.75, 3.05) is 24.6 Å². The van der Waals surface area contributed by atoms with Gasteiger partial charge >= 0.3 is 0 Å². The van der Waals surface area contributed by atoms with Gasteiger partial charge in [-0.05, 0) is 30.7 Å². The van der Waals surface area contributed by atoms with Crippen molar-refractivity contribution in [3.8, 4) is 11.8 Å². The Bertz CT molecular complexity index is 493. The fourth-order valence-corrected chi connectivity index (χ4v) is 3.28. The van der Waals surface area contributed by atoms with Gasteiger partial charge in [-0.2, -0.15) is 11.8 Å². The SMILES string of the molecule is CC1CSCCN1Cc1cc(F)cc(C#CCN)c1. The molecule has 1 heterocycles. The van der Waals surface area contributed by atoms with Gasteiger partial charge in [0.2, 0.25) is 0 Å². The highest BCUT2D eigenvalue weighted by atomic mass is 32.2. The quantitative estimate of drug-likeness (QED) is 0.840. The first kappa shape index (κ1) is 14.4. The Kier molecular flexibility index (Phi) is 5.26. The average Bonchev–Trinajstić information content (AvgIpc) is 2.38. The van der Waals surface area contributed by atoms with Crippen LogP contribution in [-0.4, -0.2) is 35.5 Å². The maximum atomic E-state index is 13.6. The van der Waals surface area contributed by atoms with Crippen LogP contribution in [0.3, 0.4) is 0 Å². The molecule has 1 fully saturated rings. The molecule has 1 aliphatic rings. The first-order valence-corrected chi connectivity index (χ1v) is 7.64. The van der Waals surface area contributed by atoms with Gasteiger partial charge in [-0.15, -0.1) is 0 Å². The van der Waals surface area contributed by atoms with Crippen molar-refractivity contribution < 1.29 is 4.39 Å². The minimum Gasteiger partial charge on any atom is -0.320 e. The van der Waals surface area contributed by atoms with E-state index in [0.717, 1.165) is 30.2 Å². The second-order valence-corrected chi connectivity index (χ2v) is 5.90. The Morgan fingerprint density at radius 1 is 1.47 bits per heavy atom. The van der Waals surface area contributed by atoms with E-state index in [1.165, 1.54) is 6.07 Å². The van der Waals surface area contributed by atoms with Crippen molar-refractivity contribution in [2.24, 2.45) is 5.73 Å². The van der Waals surface area contributed by atoms with E-state index in [2.05, 4.69) is 23.7 Å². The fraction of sp³-hybridized carbons (Fsp3) is 0.467. The number of benzene rings is 1. The lowest BCUT2D eigenvalue weighted by molar-refractivity contribution is 0.223. The molecule has 1 aromatic rings. The molecule has 0 amide bonds. The first-order chi connectivity index (χ1) is 9.19. The zero-order chi connectivity index (χ0) is 13.7. The molecule has 0 bridgehead atoms. The van der Waals surface area contributed by atoms with Crippen LogP contribution in [0.4, 0.5) is 4.39 Å². The number of hydrogen-bond donors (Lipinski definition) is 1. The van der Waals surface area contributed by atoms with Gasteiger partial charge in [0.15, 0.2) is 0 Å². The first-order valence-electron chi connectivity index (χ1n) is 6.49. The van der Waals surface area contributed by atoms with Gasteiger partial charge in [0.1, 0.15) is 5.82 Å². The summed E-state index contributed by atoms with van der Waals surface area (Å²) in [5, 5.41) is 0. The Morgan fingerprint density at radius 3 is 3.05 bits per heavy atom. The lowest BCUT2D eigenvalue weighted by atomic mass is 10.1. The van der Waals surface area contributed by atoms with Gasteiger partial charge in [0.25, 0.3) is 0 Å². The standard InChI is InChI=1S/C15H19FN2S/c1-12-11-19-6-5-18(12)10-14-7-13(3-2-4-17)8-15(16)9-14/h7-9,12H,4-6,10-11,17H2,1H3. The smallest absolute Gasteiger partial charge is 0.124 e. The summed E-state index contributed by atoms with van der Waals surface area (Å²) in [6, 6.07) is 5.56. The Hall–Kier alpha value is -1.02. The molecule has 19 heavy (non-hydrogen) atoms. The Balaban J connectivity index is 2.13. The zero-order valence-electron chi connectivity index (χ0n) is 11.2. The van der Waals surface area contributed by atoms with Gasteiger partial charge in [0.05, 0.1) is 6.54 Å². The molecule has 2 rings (SSSR count). The molecule has 0 aromatic heterocycles. The maximum Gasteiger partial charge on any atom is 0.124 e. The Morgan fingerprint density at radius 2 is 2.32 bits per heavy atom. The van der Waals surface area contributed by atoms with Crippen molar-refractivity contribution in [3.63, 3.8) is 0 Å². The molecule has 1 aliphatic heterocycles. The Labute approximate surface area is 118 Å². The molecular formula is C15H19FN2S. The fourth-order valence-electron chi connectivity index (χ4n) is 2.20. The maximum absolute atomic E-state index is 13.6. The summed E-state index contributed by atoms with van der Waals surface area (Å²) in [4.78, 5) is 2.39. The summed E-state index contributed by atoms with van der Waals surface area (Å²) in [6.45, 7) is 4.37. The highest BCUT2D eigenvalue weighted by molar-refractivity contribution is 7.99. The van der Waals surface area contributed by atoms with Crippen LogP contribution in [0.5, 0.6) is 0 Å². The van der Waals surface area contributed by atoms with E-state index < -0.39 is 0 Å². The normalized spacial score (nSPS) is 19.8. The second-order valence-electron chi connectivity index (χ2n) is 4.75. The van der Waals surface area contributed by atoms with E-state index in [0.29, 0.717) is 18.2 Å². The van der Waals surface area contributed by atoms with Crippen molar-refractivity contribution in [3.05, 3.63) is 35.1 Å². The highest BCUT2D eigenvalue weighted by Gasteiger charge is 2.18. The molecule has 1 unspecified atom stereocenters. The molecule has 0 radical (unpaired) electrons. The molecule has 0 saturated carbocycles. The number of thioether (sulfide) groups is 1. The van der Waals surface area contributed by atoms with Crippen LogP contribution in [-0.2, 0) is 6.54 Å². The van der Waals surface area contributed by atoms with Crippen LogP contribution in [0.1, 0.15) is 18.1 Å². The molecule has 102 valence electrons. The van der Waals surface area contributed by atoms with Gasteiger partial charge < -0.3 is 5.73 Å². The van der Waals surface area contributed by atoms with Crippen LogP contribution in [0, 0.1) is 17.7 Å². The van der Waals surface area contributed by atoms with Gasteiger partial charge in [0, 0.05) is 36.2 Å². The molecule has 1 aromatic carbocycles. The number of rotatable bonds is 2. The summed E-state index contributed by atoms with van der Waals surface area (Å²) in [7, 11) is 0. The average molecular weight is 278 g/mol. The van der Waals surface area contributed by atoms with E-state index in [1.807, 2.05) is 17.8 Å². The minimum atomic E-state index is -0.224. The van der Waals surface area contributed by atoms with Crippen molar-refractivity contribution in [1.82, 2.24) is 4.90 Å². The van der Waals surface area contributed by atoms with E-state index in [4.69, 9.17) is 5.73 Å². The predicted octanol–water partition coefficient (Wildman–Crippen LogP) is 2.07. The molecule has 1 atom stereocenters. The van der Waals surface area contributed by atoms with Crippen LogP contribution in [0.15, 0.2) is 18.2 Å². The van der Waals surface area contributed by atoms with Gasteiger partial charge in [-0.25, -0.2) is 4.39 Å². The molecule has 2 nitrogen and oxygen atoms in total. The van der Waals surface area contributed by atoms with E-state index >= 15 is 0 Å². The summed E-state index contributed by atoms with van der Waals surface area (Å²) < 4.78 is 13.6. The lowest BCUT2D eigenvalue weighted by Crippen LogP contribution is -2.39. The third-order valence-corrected chi connectivity index (χ3v) is 4.37.